The van der Waals surface area contributed by atoms with Gasteiger partial charge in [0.2, 0.25) is 0 Å². The number of carbonyl (C=O) groups excluding carboxylic acids is 1. The van der Waals surface area contributed by atoms with Gasteiger partial charge >= 0.3 is 6.03 Å². The minimum Gasteiger partial charge on any atom is -0.351 e. The van der Waals surface area contributed by atoms with Crippen LogP contribution in [-0.2, 0) is 7.05 Å². The van der Waals surface area contributed by atoms with Gasteiger partial charge in [-0.15, -0.1) is 0 Å². The molecule has 3 aromatic rings. The number of nitriles is 1. The highest BCUT2D eigenvalue weighted by atomic mass is 16.2. The Balaban J connectivity index is 2.14. The minimum absolute atomic E-state index is 0.568. The summed E-state index contributed by atoms with van der Waals surface area (Å²) in [5.74, 6) is 0. The van der Waals surface area contributed by atoms with Crippen molar-refractivity contribution >= 4 is 28.3 Å². The molecule has 0 aliphatic heterocycles. The quantitative estimate of drug-likeness (QED) is 0.786. The van der Waals surface area contributed by atoms with Gasteiger partial charge in [-0.05, 0) is 55.8 Å². The summed E-state index contributed by atoms with van der Waals surface area (Å²) in [6, 6.07) is 12.3. The molecule has 120 valence electrons. The third-order valence-electron chi connectivity index (χ3n) is 4.18. The Labute approximate surface area is 139 Å². The molecule has 2 aromatic carbocycles. The largest absolute Gasteiger partial charge is 0.351 e. The molecule has 3 rings (SSSR count). The molecule has 0 radical (unpaired) electrons. The van der Waals surface area contributed by atoms with Gasteiger partial charge in [0.15, 0.2) is 0 Å². The van der Waals surface area contributed by atoms with Crippen molar-refractivity contribution in [3.05, 3.63) is 53.2 Å². The molecule has 6 nitrogen and oxygen atoms in total. The van der Waals surface area contributed by atoms with Crippen LogP contribution in [0.25, 0.3) is 10.9 Å². The number of aromatic nitrogens is 2. The van der Waals surface area contributed by atoms with Crippen LogP contribution in [0.1, 0.15) is 16.8 Å². The van der Waals surface area contributed by atoms with Crippen molar-refractivity contribution in [2.45, 2.75) is 13.8 Å². The minimum atomic E-state index is -0.592. The van der Waals surface area contributed by atoms with Crippen LogP contribution in [0.2, 0.25) is 0 Å². The molecule has 6 heteroatoms. The Morgan fingerprint density at radius 3 is 2.50 bits per heavy atom. The summed E-state index contributed by atoms with van der Waals surface area (Å²) in [5, 5.41) is 14.5. The van der Waals surface area contributed by atoms with E-state index in [4.69, 9.17) is 11.0 Å². The van der Waals surface area contributed by atoms with Gasteiger partial charge in [0.25, 0.3) is 0 Å². The fourth-order valence-corrected chi connectivity index (χ4v) is 2.77. The molecular weight excluding hydrogens is 302 g/mol. The summed E-state index contributed by atoms with van der Waals surface area (Å²) in [6.07, 6.45) is 0. The predicted octanol–water partition coefficient (Wildman–Crippen LogP) is 3.28. The lowest BCUT2D eigenvalue weighted by molar-refractivity contribution is 0.256. The first kappa shape index (κ1) is 15.6. The van der Waals surface area contributed by atoms with Gasteiger partial charge in [-0.2, -0.15) is 10.4 Å². The maximum absolute atomic E-state index is 12.0. The Hall–Kier alpha value is -3.33. The molecule has 24 heavy (non-hydrogen) atoms. The zero-order valence-electron chi connectivity index (χ0n) is 13.7. The molecule has 2 N–H and O–H groups in total. The second kappa shape index (κ2) is 5.70. The van der Waals surface area contributed by atoms with Crippen LogP contribution in [0.15, 0.2) is 36.4 Å². The molecule has 0 bridgehead atoms. The van der Waals surface area contributed by atoms with Crippen molar-refractivity contribution < 1.29 is 4.79 Å². The summed E-state index contributed by atoms with van der Waals surface area (Å²) < 4.78 is 1.80. The van der Waals surface area contributed by atoms with E-state index >= 15 is 0 Å². The number of hydrogen-bond acceptors (Lipinski definition) is 3. The Morgan fingerprint density at radius 1 is 1.21 bits per heavy atom. The number of hydrogen-bond donors (Lipinski definition) is 1. The van der Waals surface area contributed by atoms with E-state index < -0.39 is 6.03 Å². The average Bonchev–Trinajstić information content (AvgIpc) is 2.82. The molecule has 0 saturated carbocycles. The fourth-order valence-electron chi connectivity index (χ4n) is 2.77. The molecule has 1 heterocycles. The van der Waals surface area contributed by atoms with E-state index in [9.17, 15) is 4.79 Å². The lowest BCUT2D eigenvalue weighted by atomic mass is 10.1. The van der Waals surface area contributed by atoms with Gasteiger partial charge in [0.05, 0.1) is 28.5 Å². The zero-order chi connectivity index (χ0) is 17.4. The number of benzene rings is 2. The van der Waals surface area contributed by atoms with E-state index in [1.54, 1.807) is 22.9 Å². The molecule has 0 fully saturated rings. The number of nitrogens with zero attached hydrogens (tertiary/aromatic N) is 4. The lowest BCUT2D eigenvalue weighted by Gasteiger charge is -2.21. The first-order valence-corrected chi connectivity index (χ1v) is 7.46. The Kier molecular flexibility index (Phi) is 3.70. The number of anilines is 2. The number of urea groups is 1. The molecule has 0 saturated heterocycles. The van der Waals surface area contributed by atoms with Gasteiger partial charge in [-0.25, -0.2) is 4.79 Å². The van der Waals surface area contributed by atoms with E-state index in [2.05, 4.69) is 11.2 Å². The second-order valence-corrected chi connectivity index (χ2v) is 5.70. The van der Waals surface area contributed by atoms with Gasteiger partial charge < -0.3 is 5.73 Å². The normalized spacial score (nSPS) is 10.6. The van der Waals surface area contributed by atoms with Crippen molar-refractivity contribution in [2.24, 2.45) is 12.8 Å². The SMILES string of the molecule is Cc1cc(N(C(N)=O)c2ccc3c(C)n(C)nc3c2)ccc1C#N. The van der Waals surface area contributed by atoms with Crippen LogP contribution in [0.3, 0.4) is 0 Å². The molecular formula is C18H17N5O. The molecule has 0 aliphatic rings. The molecule has 2 amide bonds. The first-order chi connectivity index (χ1) is 11.4. The Morgan fingerprint density at radius 2 is 1.88 bits per heavy atom. The maximum Gasteiger partial charge on any atom is 0.323 e. The van der Waals surface area contributed by atoms with Crippen LogP contribution in [0.4, 0.5) is 16.2 Å². The van der Waals surface area contributed by atoms with Crippen LogP contribution >= 0.6 is 0 Å². The van der Waals surface area contributed by atoms with Crippen molar-refractivity contribution in [3.63, 3.8) is 0 Å². The van der Waals surface area contributed by atoms with E-state index in [1.165, 1.54) is 4.90 Å². The van der Waals surface area contributed by atoms with E-state index in [-0.39, 0.29) is 0 Å². The van der Waals surface area contributed by atoms with Gasteiger partial charge in [-0.1, -0.05) is 0 Å². The predicted molar refractivity (Wildman–Crippen MR) is 93.1 cm³/mol. The Bertz CT molecular complexity index is 997. The number of fused-ring (bicyclic) bond motifs is 1. The molecule has 0 unspecified atom stereocenters. The number of amides is 2. The number of primary amides is 1. The van der Waals surface area contributed by atoms with Crippen LogP contribution < -0.4 is 10.6 Å². The molecule has 0 atom stereocenters. The molecule has 0 spiro atoms. The smallest absolute Gasteiger partial charge is 0.323 e. The average molecular weight is 319 g/mol. The van der Waals surface area contributed by atoms with Crippen molar-refractivity contribution in [3.8, 4) is 6.07 Å². The van der Waals surface area contributed by atoms with Gasteiger partial charge in [0, 0.05) is 18.1 Å². The highest BCUT2D eigenvalue weighted by Gasteiger charge is 2.17. The zero-order valence-corrected chi connectivity index (χ0v) is 13.7. The van der Waals surface area contributed by atoms with Crippen molar-refractivity contribution in [1.29, 1.82) is 5.26 Å². The van der Waals surface area contributed by atoms with Gasteiger partial charge in [0.1, 0.15) is 0 Å². The highest BCUT2D eigenvalue weighted by Crippen LogP contribution is 2.30. The third-order valence-corrected chi connectivity index (χ3v) is 4.18. The van der Waals surface area contributed by atoms with E-state index in [1.807, 2.05) is 39.1 Å². The molecule has 0 aliphatic carbocycles. The number of rotatable bonds is 2. The van der Waals surface area contributed by atoms with Crippen LogP contribution in [0, 0.1) is 25.2 Å². The molecule has 1 aromatic heterocycles. The summed E-state index contributed by atoms with van der Waals surface area (Å²) in [7, 11) is 1.88. The summed E-state index contributed by atoms with van der Waals surface area (Å²) in [6.45, 7) is 3.82. The van der Waals surface area contributed by atoms with Crippen LogP contribution in [-0.4, -0.2) is 15.8 Å². The first-order valence-electron chi connectivity index (χ1n) is 7.46. The summed E-state index contributed by atoms with van der Waals surface area (Å²) in [5.41, 5.74) is 10.1. The van der Waals surface area contributed by atoms with Gasteiger partial charge in [-0.3, -0.25) is 9.58 Å². The third kappa shape index (κ3) is 2.46. The second-order valence-electron chi connectivity index (χ2n) is 5.70. The van der Waals surface area contributed by atoms with Crippen molar-refractivity contribution in [2.75, 3.05) is 4.90 Å². The topological polar surface area (TPSA) is 87.9 Å². The number of carbonyl (C=O) groups is 1. The fraction of sp³-hybridized carbons (Fsp3) is 0.167. The van der Waals surface area contributed by atoms with Crippen LogP contribution in [0.5, 0.6) is 0 Å². The van der Waals surface area contributed by atoms with Crippen molar-refractivity contribution in [1.82, 2.24) is 9.78 Å². The monoisotopic (exact) mass is 319 g/mol. The maximum atomic E-state index is 12.0. The number of nitrogens with two attached hydrogens (primary N) is 1. The standard InChI is InChI=1S/C18H17N5O/c1-11-8-14(5-4-13(11)10-19)23(18(20)24)15-6-7-16-12(2)22(3)21-17(16)9-15/h4-9H,1-3H3,(H2,20,24). The summed E-state index contributed by atoms with van der Waals surface area (Å²) in [4.78, 5) is 13.4. The number of aryl methyl sites for hydroxylation is 3. The highest BCUT2D eigenvalue weighted by molar-refractivity contribution is 6.00. The lowest BCUT2D eigenvalue weighted by Crippen LogP contribution is -2.31. The van der Waals surface area contributed by atoms with E-state index in [0.29, 0.717) is 16.9 Å². The summed E-state index contributed by atoms with van der Waals surface area (Å²) >= 11 is 0. The van der Waals surface area contributed by atoms with E-state index in [0.717, 1.165) is 22.2 Å².